The second kappa shape index (κ2) is 6.36. The molecule has 8 heteroatoms. The Morgan fingerprint density at radius 3 is 2.96 bits per heavy atom. The molecular formula is C17H20N6OS. The number of benzene rings is 1. The van der Waals surface area contributed by atoms with Crippen LogP contribution in [0.4, 0.5) is 9.93 Å². The summed E-state index contributed by atoms with van der Waals surface area (Å²) in [6.45, 7) is 2.65. The average molecular weight is 356 g/mol. The maximum atomic E-state index is 12.1. The molecule has 0 atom stereocenters. The van der Waals surface area contributed by atoms with Crippen LogP contribution in [0.15, 0.2) is 30.3 Å². The topological polar surface area (TPSA) is 66.3 Å². The first-order valence-electron chi connectivity index (χ1n) is 8.21. The molecule has 0 bridgehead atoms. The van der Waals surface area contributed by atoms with Crippen molar-refractivity contribution in [1.82, 2.24) is 24.6 Å². The van der Waals surface area contributed by atoms with Gasteiger partial charge < -0.3 is 15.1 Å². The summed E-state index contributed by atoms with van der Waals surface area (Å²) >= 11 is 1.64. The molecule has 0 radical (unpaired) electrons. The molecule has 0 saturated heterocycles. The monoisotopic (exact) mass is 356 g/mol. The normalized spacial score (nSPS) is 13.8. The Hall–Kier alpha value is -2.61. The van der Waals surface area contributed by atoms with E-state index in [1.54, 1.807) is 30.3 Å². The number of anilines is 1. The first kappa shape index (κ1) is 15.9. The summed E-state index contributed by atoms with van der Waals surface area (Å²) < 4.78 is 3.17. The number of hydrogen-bond acceptors (Lipinski definition) is 5. The molecule has 2 amide bonds. The molecule has 1 aliphatic rings. The van der Waals surface area contributed by atoms with Crippen molar-refractivity contribution in [2.45, 2.75) is 19.6 Å². The zero-order chi connectivity index (χ0) is 17.4. The molecule has 3 heterocycles. The minimum atomic E-state index is 0.0431. The van der Waals surface area contributed by atoms with Gasteiger partial charge in [-0.15, -0.1) is 0 Å². The lowest BCUT2D eigenvalue weighted by Crippen LogP contribution is -2.43. The molecule has 0 spiro atoms. The number of thiazole rings is 1. The first-order chi connectivity index (χ1) is 12.1. The highest BCUT2D eigenvalue weighted by Gasteiger charge is 2.23. The van der Waals surface area contributed by atoms with Gasteiger partial charge in [-0.25, -0.2) is 9.78 Å². The zero-order valence-electron chi connectivity index (χ0n) is 14.3. The summed E-state index contributed by atoms with van der Waals surface area (Å²) in [5.74, 6) is 0. The maximum absolute atomic E-state index is 12.1. The number of rotatable bonds is 3. The van der Waals surface area contributed by atoms with E-state index in [2.05, 4.69) is 27.5 Å². The third-order valence-electron chi connectivity index (χ3n) is 4.22. The number of amides is 2. The number of hydrogen-bond donors (Lipinski definition) is 1. The van der Waals surface area contributed by atoms with Gasteiger partial charge in [-0.2, -0.15) is 5.10 Å². The fourth-order valence-electron chi connectivity index (χ4n) is 2.97. The van der Waals surface area contributed by atoms with Gasteiger partial charge in [-0.1, -0.05) is 23.5 Å². The van der Waals surface area contributed by atoms with Gasteiger partial charge in [0.1, 0.15) is 0 Å². The smallest absolute Gasteiger partial charge is 0.319 e. The fourth-order valence-corrected chi connectivity index (χ4v) is 3.83. The Kier molecular flexibility index (Phi) is 4.04. The highest BCUT2D eigenvalue weighted by Crippen LogP contribution is 2.25. The van der Waals surface area contributed by atoms with Crippen LogP contribution < -0.4 is 5.32 Å². The lowest BCUT2D eigenvalue weighted by atomic mass is 10.3. The minimum absolute atomic E-state index is 0.0431. The van der Waals surface area contributed by atoms with Crippen LogP contribution in [0.1, 0.15) is 11.4 Å². The molecule has 0 unspecified atom stereocenters. The van der Waals surface area contributed by atoms with Crippen molar-refractivity contribution in [3.63, 3.8) is 0 Å². The Morgan fingerprint density at radius 2 is 2.16 bits per heavy atom. The Balaban J connectivity index is 1.44. The van der Waals surface area contributed by atoms with Gasteiger partial charge in [0.25, 0.3) is 0 Å². The average Bonchev–Trinajstić information content (AvgIpc) is 3.21. The largest absolute Gasteiger partial charge is 0.356 e. The van der Waals surface area contributed by atoms with E-state index in [1.807, 2.05) is 27.8 Å². The van der Waals surface area contributed by atoms with Crippen molar-refractivity contribution in [3.05, 3.63) is 41.7 Å². The van der Waals surface area contributed by atoms with Crippen molar-refractivity contribution in [1.29, 1.82) is 0 Å². The van der Waals surface area contributed by atoms with Gasteiger partial charge in [0.05, 0.1) is 41.2 Å². The second-order valence-corrected chi connectivity index (χ2v) is 7.32. The molecule has 1 aliphatic heterocycles. The Labute approximate surface area is 149 Å². The third kappa shape index (κ3) is 3.17. The summed E-state index contributed by atoms with van der Waals surface area (Å²) in [6.07, 6.45) is 0. The Morgan fingerprint density at radius 1 is 1.32 bits per heavy atom. The molecule has 7 nitrogen and oxygen atoms in total. The van der Waals surface area contributed by atoms with E-state index in [-0.39, 0.29) is 6.03 Å². The summed E-state index contributed by atoms with van der Waals surface area (Å²) in [6, 6.07) is 10.2. The molecule has 0 fully saturated rings. The van der Waals surface area contributed by atoms with E-state index in [4.69, 9.17) is 0 Å². The summed E-state index contributed by atoms with van der Waals surface area (Å²) in [4.78, 5) is 20.2. The van der Waals surface area contributed by atoms with E-state index in [9.17, 15) is 4.79 Å². The van der Waals surface area contributed by atoms with Crippen molar-refractivity contribution in [2.24, 2.45) is 0 Å². The molecule has 3 aromatic rings. The molecule has 0 aliphatic carbocycles. The van der Waals surface area contributed by atoms with Crippen molar-refractivity contribution in [2.75, 3.05) is 26.0 Å². The molecule has 1 aromatic carbocycles. The van der Waals surface area contributed by atoms with Gasteiger partial charge in [0, 0.05) is 20.6 Å². The summed E-state index contributed by atoms with van der Waals surface area (Å²) in [5, 5.41) is 8.89. The SMILES string of the molecule is CN(C)C(=O)N1CCn2nc(CNc3nc4ccccc4s3)cc2C1. The van der Waals surface area contributed by atoms with Crippen LogP contribution in [0, 0.1) is 0 Å². The number of nitrogens with one attached hydrogen (secondary N) is 1. The number of nitrogens with zero attached hydrogens (tertiary/aromatic N) is 5. The lowest BCUT2D eigenvalue weighted by Gasteiger charge is -2.29. The maximum Gasteiger partial charge on any atom is 0.319 e. The van der Waals surface area contributed by atoms with Crippen LogP contribution >= 0.6 is 11.3 Å². The first-order valence-corrected chi connectivity index (χ1v) is 9.03. The molecule has 2 aromatic heterocycles. The molecule has 4 rings (SSSR count). The zero-order valence-corrected chi connectivity index (χ0v) is 15.1. The van der Waals surface area contributed by atoms with E-state index in [0.29, 0.717) is 19.6 Å². The summed E-state index contributed by atoms with van der Waals surface area (Å²) in [7, 11) is 3.56. The van der Waals surface area contributed by atoms with Gasteiger partial charge in [-0.3, -0.25) is 4.68 Å². The van der Waals surface area contributed by atoms with Crippen LogP contribution in [0.3, 0.4) is 0 Å². The standard InChI is InChI=1S/C17H20N6OS/c1-21(2)17(24)22-7-8-23-13(11-22)9-12(20-23)10-18-16-19-14-5-3-4-6-15(14)25-16/h3-6,9H,7-8,10-11H2,1-2H3,(H,18,19). The van der Waals surface area contributed by atoms with E-state index < -0.39 is 0 Å². The van der Waals surface area contributed by atoms with Crippen LogP contribution in [-0.4, -0.2) is 51.2 Å². The van der Waals surface area contributed by atoms with Gasteiger partial charge in [-0.05, 0) is 18.2 Å². The fraction of sp³-hybridized carbons (Fsp3) is 0.353. The predicted molar refractivity (Wildman–Crippen MR) is 98.7 cm³/mol. The minimum Gasteiger partial charge on any atom is -0.356 e. The molecule has 130 valence electrons. The number of aromatic nitrogens is 3. The molecular weight excluding hydrogens is 336 g/mol. The second-order valence-electron chi connectivity index (χ2n) is 6.29. The number of carbonyl (C=O) groups is 1. The lowest BCUT2D eigenvalue weighted by molar-refractivity contribution is 0.155. The van der Waals surface area contributed by atoms with Gasteiger partial charge >= 0.3 is 6.03 Å². The predicted octanol–water partition coefficient (Wildman–Crippen LogP) is 2.60. The quantitative estimate of drug-likeness (QED) is 0.783. The van der Waals surface area contributed by atoms with E-state index in [0.717, 1.165) is 28.6 Å². The van der Waals surface area contributed by atoms with E-state index >= 15 is 0 Å². The van der Waals surface area contributed by atoms with Crippen LogP contribution in [0.2, 0.25) is 0 Å². The summed E-state index contributed by atoms with van der Waals surface area (Å²) in [5.41, 5.74) is 3.05. The van der Waals surface area contributed by atoms with Crippen LogP contribution in [0.5, 0.6) is 0 Å². The Bertz CT molecular complexity index is 882. The van der Waals surface area contributed by atoms with Crippen LogP contribution in [-0.2, 0) is 19.6 Å². The highest BCUT2D eigenvalue weighted by molar-refractivity contribution is 7.22. The molecule has 0 saturated carbocycles. The number of carbonyl (C=O) groups excluding carboxylic acids is 1. The number of fused-ring (bicyclic) bond motifs is 2. The van der Waals surface area contributed by atoms with Crippen molar-refractivity contribution >= 4 is 32.7 Å². The highest BCUT2D eigenvalue weighted by atomic mass is 32.1. The number of urea groups is 1. The van der Waals surface area contributed by atoms with Gasteiger partial charge in [0.2, 0.25) is 0 Å². The van der Waals surface area contributed by atoms with Gasteiger partial charge in [0.15, 0.2) is 5.13 Å². The van der Waals surface area contributed by atoms with E-state index in [1.165, 1.54) is 4.70 Å². The molecule has 25 heavy (non-hydrogen) atoms. The van der Waals surface area contributed by atoms with Crippen molar-refractivity contribution in [3.8, 4) is 0 Å². The molecule has 1 N–H and O–H groups in total. The third-order valence-corrected chi connectivity index (χ3v) is 5.21. The van der Waals surface area contributed by atoms with Crippen molar-refractivity contribution < 1.29 is 4.79 Å². The van der Waals surface area contributed by atoms with Crippen LogP contribution in [0.25, 0.3) is 10.2 Å². The number of para-hydroxylation sites is 1.